The highest BCUT2D eigenvalue weighted by Gasteiger charge is 2.15. The molecular weight excluding hydrogens is 372 g/mol. The highest BCUT2D eigenvalue weighted by molar-refractivity contribution is 5.96. The molecule has 2 aromatic rings. The summed E-state index contributed by atoms with van der Waals surface area (Å²) in [7, 11) is 0. The molecule has 0 unspecified atom stereocenters. The second kappa shape index (κ2) is 9.79. The van der Waals surface area contributed by atoms with Gasteiger partial charge in [-0.05, 0) is 43.1 Å². The highest BCUT2D eigenvalue weighted by atomic mass is 16.6. The number of likely N-dealkylation sites (tertiary alicyclic amines) is 1. The minimum Gasteiger partial charge on any atom is -0.350 e. The number of nitro groups is 1. The number of non-ortho nitro benzene ring substituents is 1. The third-order valence-corrected chi connectivity index (χ3v) is 4.92. The maximum atomic E-state index is 12.1. The number of nitro benzene ring substituents is 1. The van der Waals surface area contributed by atoms with Crippen LogP contribution in [0, 0.1) is 10.1 Å². The van der Waals surface area contributed by atoms with Gasteiger partial charge in [0.1, 0.15) is 0 Å². The molecule has 1 fully saturated rings. The number of carbonyl (C=O) groups excluding carboxylic acids is 2. The monoisotopic (exact) mass is 396 g/mol. The van der Waals surface area contributed by atoms with Crippen molar-refractivity contribution in [3.63, 3.8) is 0 Å². The second-order valence-electron chi connectivity index (χ2n) is 7.02. The van der Waals surface area contributed by atoms with Gasteiger partial charge in [0.05, 0.1) is 11.5 Å². The smallest absolute Gasteiger partial charge is 0.270 e. The van der Waals surface area contributed by atoms with Crippen LogP contribution in [0.25, 0.3) is 0 Å². The molecule has 8 heteroatoms. The van der Waals surface area contributed by atoms with Crippen molar-refractivity contribution in [3.05, 3.63) is 75.3 Å². The quantitative estimate of drug-likeness (QED) is 0.526. The molecule has 2 amide bonds. The second-order valence-corrected chi connectivity index (χ2v) is 7.02. The van der Waals surface area contributed by atoms with Crippen LogP contribution in [0.1, 0.15) is 34.3 Å². The van der Waals surface area contributed by atoms with E-state index >= 15 is 0 Å². The molecule has 152 valence electrons. The molecule has 1 aliphatic rings. The topological polar surface area (TPSA) is 105 Å². The van der Waals surface area contributed by atoms with Gasteiger partial charge in [-0.2, -0.15) is 0 Å². The summed E-state index contributed by atoms with van der Waals surface area (Å²) in [6.07, 6.45) is 2.45. The van der Waals surface area contributed by atoms with E-state index in [2.05, 4.69) is 21.6 Å². The van der Waals surface area contributed by atoms with E-state index in [1.165, 1.54) is 42.7 Å². The van der Waals surface area contributed by atoms with Crippen LogP contribution in [-0.2, 0) is 17.9 Å². The fourth-order valence-corrected chi connectivity index (χ4v) is 3.35. The van der Waals surface area contributed by atoms with Crippen LogP contribution in [0.4, 0.5) is 5.69 Å². The number of rotatable bonds is 8. The first-order valence-electron chi connectivity index (χ1n) is 9.61. The van der Waals surface area contributed by atoms with Crippen LogP contribution in [0.2, 0.25) is 0 Å². The first-order valence-corrected chi connectivity index (χ1v) is 9.61. The van der Waals surface area contributed by atoms with Crippen molar-refractivity contribution in [1.29, 1.82) is 0 Å². The third-order valence-electron chi connectivity index (χ3n) is 4.92. The molecule has 3 rings (SSSR count). The summed E-state index contributed by atoms with van der Waals surface area (Å²) in [5.74, 6) is -0.849. The first-order chi connectivity index (χ1) is 14.0. The molecular formula is C21H24N4O4. The summed E-state index contributed by atoms with van der Waals surface area (Å²) in [5, 5.41) is 16.1. The molecule has 2 N–H and O–H groups in total. The van der Waals surface area contributed by atoms with Gasteiger partial charge in [-0.15, -0.1) is 0 Å². The number of hydrogen-bond acceptors (Lipinski definition) is 5. The van der Waals surface area contributed by atoms with Crippen molar-refractivity contribution in [1.82, 2.24) is 15.5 Å². The normalized spacial score (nSPS) is 13.8. The van der Waals surface area contributed by atoms with Crippen LogP contribution >= 0.6 is 0 Å². The molecule has 1 heterocycles. The first kappa shape index (κ1) is 20.5. The van der Waals surface area contributed by atoms with E-state index in [1.807, 2.05) is 18.2 Å². The summed E-state index contributed by atoms with van der Waals surface area (Å²) in [5.41, 5.74) is 2.22. The number of hydrogen-bond donors (Lipinski definition) is 2. The lowest BCUT2D eigenvalue weighted by molar-refractivity contribution is -0.384. The number of carbonyl (C=O) groups is 2. The zero-order valence-corrected chi connectivity index (χ0v) is 16.1. The van der Waals surface area contributed by atoms with Gasteiger partial charge in [0, 0.05) is 30.8 Å². The van der Waals surface area contributed by atoms with Gasteiger partial charge in [-0.25, -0.2) is 0 Å². The Labute approximate surface area is 169 Å². The highest BCUT2D eigenvalue weighted by Crippen LogP contribution is 2.16. The van der Waals surface area contributed by atoms with Crippen molar-refractivity contribution < 1.29 is 14.5 Å². The molecule has 0 spiro atoms. The molecule has 1 aliphatic heterocycles. The van der Waals surface area contributed by atoms with E-state index in [9.17, 15) is 19.7 Å². The predicted octanol–water partition coefficient (Wildman–Crippen LogP) is 2.24. The van der Waals surface area contributed by atoms with Crippen molar-refractivity contribution in [3.8, 4) is 0 Å². The zero-order valence-electron chi connectivity index (χ0n) is 16.1. The summed E-state index contributed by atoms with van der Waals surface area (Å²) >= 11 is 0. The molecule has 1 saturated heterocycles. The lowest BCUT2D eigenvalue weighted by Gasteiger charge is -2.17. The number of nitrogens with one attached hydrogen (secondary N) is 2. The van der Waals surface area contributed by atoms with Gasteiger partial charge >= 0.3 is 0 Å². The van der Waals surface area contributed by atoms with Crippen LogP contribution in [0.15, 0.2) is 48.5 Å². The molecule has 0 radical (unpaired) electrons. The average molecular weight is 396 g/mol. The maximum Gasteiger partial charge on any atom is 0.270 e. The fraction of sp³-hybridized carbons (Fsp3) is 0.333. The fourth-order valence-electron chi connectivity index (χ4n) is 3.35. The molecule has 2 aromatic carbocycles. The van der Waals surface area contributed by atoms with E-state index in [-0.39, 0.29) is 23.7 Å². The Kier molecular flexibility index (Phi) is 6.91. The van der Waals surface area contributed by atoms with Crippen molar-refractivity contribution in [2.45, 2.75) is 25.9 Å². The summed E-state index contributed by atoms with van der Waals surface area (Å²) in [6.45, 7) is 3.26. The molecule has 0 saturated carbocycles. The third kappa shape index (κ3) is 5.86. The lowest BCUT2D eigenvalue weighted by Crippen LogP contribution is -2.36. The van der Waals surface area contributed by atoms with E-state index < -0.39 is 10.8 Å². The SMILES string of the molecule is O=C(CNC(=O)c1cccc([N+](=O)[O-])c1)NCc1ccccc1CN1CCCC1. The average Bonchev–Trinajstić information content (AvgIpc) is 3.24. The Hall–Kier alpha value is -3.26. The van der Waals surface area contributed by atoms with Crippen molar-refractivity contribution in [2.24, 2.45) is 0 Å². The summed E-state index contributed by atoms with van der Waals surface area (Å²) in [6, 6.07) is 13.4. The van der Waals surface area contributed by atoms with E-state index in [0.717, 1.165) is 25.2 Å². The van der Waals surface area contributed by atoms with Crippen LogP contribution in [0.5, 0.6) is 0 Å². The van der Waals surface area contributed by atoms with Gasteiger partial charge in [0.2, 0.25) is 5.91 Å². The van der Waals surface area contributed by atoms with Crippen LogP contribution < -0.4 is 10.6 Å². The molecule has 0 aliphatic carbocycles. The Morgan fingerprint density at radius 2 is 1.72 bits per heavy atom. The maximum absolute atomic E-state index is 12.1. The van der Waals surface area contributed by atoms with E-state index in [4.69, 9.17) is 0 Å². The largest absolute Gasteiger partial charge is 0.350 e. The Morgan fingerprint density at radius 1 is 1.00 bits per heavy atom. The molecule has 8 nitrogen and oxygen atoms in total. The van der Waals surface area contributed by atoms with Gasteiger partial charge < -0.3 is 10.6 Å². The predicted molar refractivity (Wildman–Crippen MR) is 108 cm³/mol. The van der Waals surface area contributed by atoms with Crippen LogP contribution in [0.3, 0.4) is 0 Å². The Bertz CT molecular complexity index is 894. The summed E-state index contributed by atoms with van der Waals surface area (Å²) < 4.78 is 0. The standard InChI is InChI=1S/C21H24N4O4/c26-20(14-23-21(27)16-8-5-9-19(12-16)25(28)29)22-13-17-6-1-2-7-18(17)15-24-10-3-4-11-24/h1-2,5-9,12H,3-4,10-11,13-15H2,(H,22,26)(H,23,27). The molecule has 0 bridgehead atoms. The number of nitrogens with zero attached hydrogens (tertiary/aromatic N) is 2. The molecule has 0 aromatic heterocycles. The minimum atomic E-state index is -0.566. The molecule has 29 heavy (non-hydrogen) atoms. The number of benzene rings is 2. The summed E-state index contributed by atoms with van der Waals surface area (Å²) in [4.78, 5) is 36.9. The van der Waals surface area contributed by atoms with Gasteiger partial charge in [0.15, 0.2) is 0 Å². The van der Waals surface area contributed by atoms with Gasteiger partial charge in [-0.3, -0.25) is 24.6 Å². The van der Waals surface area contributed by atoms with Gasteiger partial charge in [-0.1, -0.05) is 30.3 Å². The van der Waals surface area contributed by atoms with Crippen molar-refractivity contribution >= 4 is 17.5 Å². The van der Waals surface area contributed by atoms with E-state index in [0.29, 0.717) is 6.54 Å². The zero-order chi connectivity index (χ0) is 20.6. The Balaban J connectivity index is 1.49. The Morgan fingerprint density at radius 3 is 2.45 bits per heavy atom. The van der Waals surface area contributed by atoms with Gasteiger partial charge in [0.25, 0.3) is 11.6 Å². The van der Waals surface area contributed by atoms with Crippen LogP contribution in [-0.4, -0.2) is 41.3 Å². The number of amides is 2. The lowest BCUT2D eigenvalue weighted by atomic mass is 10.1. The minimum absolute atomic E-state index is 0.142. The molecule has 0 atom stereocenters. The van der Waals surface area contributed by atoms with Crippen molar-refractivity contribution in [2.75, 3.05) is 19.6 Å². The van der Waals surface area contributed by atoms with E-state index in [1.54, 1.807) is 0 Å².